The second-order valence-electron chi connectivity index (χ2n) is 12.3. The van der Waals surface area contributed by atoms with Crippen LogP contribution in [-0.4, -0.2) is 15.3 Å². The van der Waals surface area contributed by atoms with Crippen LogP contribution in [-0.2, 0) is 10.8 Å². The van der Waals surface area contributed by atoms with Crippen LogP contribution in [0.4, 0.5) is 0 Å². The highest BCUT2D eigenvalue weighted by Gasteiger charge is 2.34. The van der Waals surface area contributed by atoms with Crippen molar-refractivity contribution in [1.29, 1.82) is 0 Å². The van der Waals surface area contributed by atoms with Crippen LogP contribution in [0.25, 0.3) is 0 Å². The van der Waals surface area contributed by atoms with Gasteiger partial charge >= 0.3 is 0 Å². The molecule has 0 aliphatic carbocycles. The minimum Gasteiger partial charge on any atom is -0.508 e. The number of phenols is 3. The predicted octanol–water partition coefficient (Wildman–Crippen LogP) is 9.86. The first kappa shape index (κ1) is 31.2. The number of rotatable bonds is 2. The van der Waals surface area contributed by atoms with Crippen LogP contribution < -0.4 is 4.74 Å². The van der Waals surface area contributed by atoms with E-state index in [1.54, 1.807) is 36.4 Å². The summed E-state index contributed by atoms with van der Waals surface area (Å²) in [6.07, 6.45) is 0. The van der Waals surface area contributed by atoms with Gasteiger partial charge in [0.2, 0.25) is 0 Å². The largest absolute Gasteiger partial charge is 0.508 e. The van der Waals surface area contributed by atoms with Gasteiger partial charge in [-0.1, -0.05) is 88.4 Å². The molecule has 0 saturated carbocycles. The molecule has 5 aromatic carbocycles. The Labute approximate surface area is 255 Å². The van der Waals surface area contributed by atoms with E-state index in [-0.39, 0.29) is 22.3 Å². The smallest absolute Gasteiger partial charge is 0.131 e. The number of phenolic OH excluding ortho intramolecular Hbond substituents is 3. The molecule has 1 aliphatic rings. The van der Waals surface area contributed by atoms with Crippen molar-refractivity contribution in [3.05, 3.63) is 148 Å². The minimum atomic E-state index is -0.151. The van der Waals surface area contributed by atoms with E-state index in [1.165, 1.54) is 22.3 Å². The van der Waals surface area contributed by atoms with Crippen LogP contribution in [0.2, 0.25) is 0 Å². The number of benzene rings is 5. The van der Waals surface area contributed by atoms with E-state index in [2.05, 4.69) is 77.9 Å². The Kier molecular flexibility index (Phi) is 9.20. The molecule has 0 saturated heterocycles. The third kappa shape index (κ3) is 7.39. The fraction of sp³-hybridized carbons (Fsp3) is 0.231. The van der Waals surface area contributed by atoms with E-state index < -0.39 is 0 Å². The summed E-state index contributed by atoms with van der Waals surface area (Å²) >= 11 is 0. The molecule has 0 spiro atoms. The lowest BCUT2D eigenvalue weighted by molar-refractivity contribution is 0.417. The summed E-state index contributed by atoms with van der Waals surface area (Å²) in [6.45, 7) is 14.9. The lowest BCUT2D eigenvalue weighted by atomic mass is 9.75. The van der Waals surface area contributed by atoms with Gasteiger partial charge in [0, 0.05) is 22.0 Å². The van der Waals surface area contributed by atoms with Crippen LogP contribution in [0.3, 0.4) is 0 Å². The lowest BCUT2D eigenvalue weighted by Gasteiger charge is -2.34. The standard InChI is InChI=1S/C17H18O.C15H16O2.C7H8O/c1-11-5-7-13-15(9-11)18-16-10-12(2)6-8-14(16)17(13,3)4;1-15(2,11-3-7-13(16)8-4-11)12-5-9-14(17)10-6-12;1-6-3-2-4-7(8)5-6/h5-10H,1-4H3;3-10,16-17H,1-2H3;2-5,8H,1H3. The van der Waals surface area contributed by atoms with Crippen molar-refractivity contribution in [2.24, 2.45) is 0 Å². The summed E-state index contributed by atoms with van der Waals surface area (Å²) < 4.78 is 6.07. The summed E-state index contributed by atoms with van der Waals surface area (Å²) in [5.41, 5.74) is 8.20. The van der Waals surface area contributed by atoms with E-state index in [9.17, 15) is 10.2 Å². The van der Waals surface area contributed by atoms with Crippen LogP contribution in [0.5, 0.6) is 28.7 Å². The van der Waals surface area contributed by atoms with Gasteiger partial charge in [0.05, 0.1) is 0 Å². The molecule has 5 aromatic rings. The van der Waals surface area contributed by atoms with Crippen LogP contribution >= 0.6 is 0 Å². The summed E-state index contributed by atoms with van der Waals surface area (Å²) in [4.78, 5) is 0. The molecule has 0 amide bonds. The first-order chi connectivity index (χ1) is 20.3. The van der Waals surface area contributed by atoms with E-state index >= 15 is 0 Å². The van der Waals surface area contributed by atoms with Crippen LogP contribution in [0.1, 0.15) is 66.6 Å². The normalized spacial score (nSPS) is 12.7. The van der Waals surface area contributed by atoms with E-state index in [4.69, 9.17) is 9.84 Å². The molecule has 0 radical (unpaired) electrons. The van der Waals surface area contributed by atoms with Gasteiger partial charge in [0.25, 0.3) is 0 Å². The maximum Gasteiger partial charge on any atom is 0.131 e. The number of ether oxygens (including phenoxy) is 1. The van der Waals surface area contributed by atoms with Crippen molar-refractivity contribution < 1.29 is 20.1 Å². The number of aryl methyl sites for hydroxylation is 3. The minimum absolute atomic E-state index is 0.00428. The Bertz CT molecular complexity index is 1560. The number of hydrogen-bond acceptors (Lipinski definition) is 4. The molecule has 0 unspecified atom stereocenters. The molecule has 0 atom stereocenters. The van der Waals surface area contributed by atoms with Gasteiger partial charge in [-0.15, -0.1) is 0 Å². The zero-order chi connectivity index (χ0) is 31.4. The lowest BCUT2D eigenvalue weighted by Crippen LogP contribution is -2.24. The highest BCUT2D eigenvalue weighted by atomic mass is 16.5. The second kappa shape index (κ2) is 12.7. The molecule has 0 bridgehead atoms. The molecule has 1 heterocycles. The van der Waals surface area contributed by atoms with E-state index in [1.807, 2.05) is 43.3 Å². The number of fused-ring (bicyclic) bond motifs is 2. The molecule has 6 rings (SSSR count). The number of hydrogen-bond donors (Lipinski definition) is 3. The first-order valence-corrected chi connectivity index (χ1v) is 14.5. The third-order valence-electron chi connectivity index (χ3n) is 8.02. The van der Waals surface area contributed by atoms with Crippen molar-refractivity contribution in [2.75, 3.05) is 0 Å². The molecular formula is C39H42O4. The third-order valence-corrected chi connectivity index (χ3v) is 8.02. The van der Waals surface area contributed by atoms with Crippen molar-refractivity contribution in [3.8, 4) is 28.7 Å². The van der Waals surface area contributed by atoms with Gasteiger partial charge in [-0.05, 0) is 97.1 Å². The Morgan fingerprint density at radius 2 is 0.930 bits per heavy atom. The topological polar surface area (TPSA) is 69.9 Å². The van der Waals surface area contributed by atoms with Gasteiger partial charge in [-0.2, -0.15) is 0 Å². The quantitative estimate of drug-likeness (QED) is 0.196. The van der Waals surface area contributed by atoms with Crippen molar-refractivity contribution in [1.82, 2.24) is 0 Å². The molecule has 0 fully saturated rings. The van der Waals surface area contributed by atoms with Crippen molar-refractivity contribution in [3.63, 3.8) is 0 Å². The second-order valence-corrected chi connectivity index (χ2v) is 12.3. The predicted molar refractivity (Wildman–Crippen MR) is 176 cm³/mol. The molecule has 222 valence electrons. The van der Waals surface area contributed by atoms with Crippen LogP contribution in [0.15, 0.2) is 109 Å². The van der Waals surface area contributed by atoms with Crippen LogP contribution in [0, 0.1) is 20.8 Å². The molecule has 1 aliphatic heterocycles. The highest BCUT2D eigenvalue weighted by Crippen LogP contribution is 2.48. The maximum atomic E-state index is 9.30. The summed E-state index contributed by atoms with van der Waals surface area (Å²) in [5.74, 6) is 2.88. The molecule has 4 nitrogen and oxygen atoms in total. The summed E-state index contributed by atoms with van der Waals surface area (Å²) in [6, 6.07) is 34.5. The van der Waals surface area contributed by atoms with Gasteiger partial charge < -0.3 is 20.1 Å². The average molecular weight is 575 g/mol. The molecule has 4 heteroatoms. The molecular weight excluding hydrogens is 532 g/mol. The Balaban J connectivity index is 0.000000158. The Hall–Kier alpha value is -4.70. The fourth-order valence-electron chi connectivity index (χ4n) is 5.28. The van der Waals surface area contributed by atoms with E-state index in [0.29, 0.717) is 5.75 Å². The zero-order valence-electron chi connectivity index (χ0n) is 26.1. The zero-order valence-corrected chi connectivity index (χ0v) is 26.1. The molecule has 0 aromatic heterocycles. The number of aromatic hydroxyl groups is 3. The van der Waals surface area contributed by atoms with Gasteiger partial charge in [-0.25, -0.2) is 0 Å². The van der Waals surface area contributed by atoms with Gasteiger partial charge in [0.15, 0.2) is 0 Å². The van der Waals surface area contributed by atoms with Gasteiger partial charge in [0.1, 0.15) is 28.7 Å². The molecule has 43 heavy (non-hydrogen) atoms. The average Bonchev–Trinajstić information content (AvgIpc) is 2.94. The summed E-state index contributed by atoms with van der Waals surface area (Å²) in [5, 5.41) is 27.4. The van der Waals surface area contributed by atoms with E-state index in [0.717, 1.165) is 28.2 Å². The van der Waals surface area contributed by atoms with Gasteiger partial charge in [-0.3, -0.25) is 0 Å². The molecule has 3 N–H and O–H groups in total. The van der Waals surface area contributed by atoms with Crippen molar-refractivity contribution in [2.45, 2.75) is 59.3 Å². The Morgan fingerprint density at radius 1 is 0.512 bits per heavy atom. The fourth-order valence-corrected chi connectivity index (χ4v) is 5.28. The monoisotopic (exact) mass is 574 g/mol. The SMILES string of the molecule is CC(C)(c1ccc(O)cc1)c1ccc(O)cc1.Cc1ccc2c(c1)Oc1cc(C)ccc1C2(C)C.Cc1cccc(O)c1. The highest BCUT2D eigenvalue weighted by molar-refractivity contribution is 5.58. The Morgan fingerprint density at radius 3 is 1.30 bits per heavy atom. The van der Waals surface area contributed by atoms with Crippen molar-refractivity contribution >= 4 is 0 Å². The summed E-state index contributed by atoms with van der Waals surface area (Å²) in [7, 11) is 0. The first-order valence-electron chi connectivity index (χ1n) is 14.5. The maximum absolute atomic E-state index is 9.30.